The van der Waals surface area contributed by atoms with Crippen LogP contribution in [-0.4, -0.2) is 11.4 Å². The van der Waals surface area contributed by atoms with Crippen LogP contribution in [-0.2, 0) is 13.1 Å². The van der Waals surface area contributed by atoms with Crippen LogP contribution in [0.5, 0.6) is 0 Å². The van der Waals surface area contributed by atoms with Gasteiger partial charge in [0.05, 0.1) is 0 Å². The van der Waals surface area contributed by atoms with Gasteiger partial charge in [-0.05, 0) is 43.4 Å². The molecule has 146 valence electrons. The van der Waals surface area contributed by atoms with E-state index in [0.717, 1.165) is 19.6 Å². The third-order valence-corrected chi connectivity index (χ3v) is 4.98. The molecule has 0 amide bonds. The lowest BCUT2D eigenvalue weighted by Gasteiger charge is -2.22. The molecule has 0 radical (unpaired) electrons. The highest BCUT2D eigenvalue weighted by atomic mass is 15.1. The molecule has 0 aromatic heterocycles. The van der Waals surface area contributed by atoms with E-state index >= 15 is 0 Å². The van der Waals surface area contributed by atoms with Crippen LogP contribution in [0.1, 0.15) is 69.4 Å². The lowest BCUT2D eigenvalue weighted by molar-refractivity contribution is 0.254. The predicted molar refractivity (Wildman–Crippen MR) is 119 cm³/mol. The molecule has 1 nitrogen and oxygen atoms in total. The molecule has 0 bridgehead atoms. The van der Waals surface area contributed by atoms with Gasteiger partial charge in [-0.15, -0.1) is 0 Å². The summed E-state index contributed by atoms with van der Waals surface area (Å²) in [4.78, 5) is 2.57. The molecule has 0 spiro atoms. The molecule has 2 aromatic carbocycles. The van der Waals surface area contributed by atoms with Crippen molar-refractivity contribution in [2.75, 3.05) is 6.54 Å². The maximum absolute atomic E-state index is 2.57. The summed E-state index contributed by atoms with van der Waals surface area (Å²) in [5, 5.41) is 0. The van der Waals surface area contributed by atoms with E-state index in [9.17, 15) is 0 Å². The smallest absolute Gasteiger partial charge is 0.0237 e. The second-order valence-corrected chi connectivity index (χ2v) is 7.50. The van der Waals surface area contributed by atoms with E-state index in [-0.39, 0.29) is 0 Å². The summed E-state index contributed by atoms with van der Waals surface area (Å²) in [6, 6.07) is 21.7. The van der Waals surface area contributed by atoms with Gasteiger partial charge in [0.15, 0.2) is 0 Å². The fourth-order valence-corrected chi connectivity index (χ4v) is 3.43. The molecular weight excluding hydrogens is 326 g/mol. The first kappa shape index (κ1) is 21.4. The van der Waals surface area contributed by atoms with Crippen molar-refractivity contribution in [1.82, 2.24) is 4.90 Å². The second-order valence-electron chi connectivity index (χ2n) is 7.50. The minimum Gasteiger partial charge on any atom is -0.295 e. The van der Waals surface area contributed by atoms with Gasteiger partial charge in [-0.3, -0.25) is 4.90 Å². The van der Waals surface area contributed by atoms with Crippen molar-refractivity contribution in [3.8, 4) is 0 Å². The first-order valence-corrected chi connectivity index (χ1v) is 10.8. The van der Waals surface area contributed by atoms with Crippen molar-refractivity contribution in [3.63, 3.8) is 0 Å². The molecular formula is C26H37N. The predicted octanol–water partition coefficient (Wildman–Crippen LogP) is 7.39. The maximum atomic E-state index is 2.57. The minimum absolute atomic E-state index is 1.02. The van der Waals surface area contributed by atoms with E-state index < -0.39 is 0 Å². The van der Waals surface area contributed by atoms with E-state index in [1.165, 1.54) is 62.5 Å². The Morgan fingerprint density at radius 1 is 0.630 bits per heavy atom. The SMILES string of the molecule is CCCCCCC/C=C/CCCN(Cc1ccccc1)Cc1ccccc1. The molecule has 0 atom stereocenters. The topological polar surface area (TPSA) is 3.24 Å². The van der Waals surface area contributed by atoms with Crippen LogP contribution in [0.25, 0.3) is 0 Å². The summed E-state index contributed by atoms with van der Waals surface area (Å²) in [6.07, 6.45) is 15.3. The van der Waals surface area contributed by atoms with Gasteiger partial charge < -0.3 is 0 Å². The standard InChI is InChI=1S/C26H37N/c1-2-3-4-5-6-7-8-9-10-17-22-27(23-25-18-13-11-14-19-25)24-26-20-15-12-16-21-26/h8-9,11-16,18-21H,2-7,10,17,22-24H2,1H3/b9-8+. The average Bonchev–Trinajstić information content (AvgIpc) is 2.71. The molecule has 1 heteroatoms. The molecule has 0 unspecified atom stereocenters. The molecule has 0 aliphatic rings. The van der Waals surface area contributed by atoms with Crippen molar-refractivity contribution < 1.29 is 0 Å². The Bertz CT molecular complexity index is 561. The van der Waals surface area contributed by atoms with E-state index in [1.54, 1.807) is 0 Å². The van der Waals surface area contributed by atoms with Crippen LogP contribution < -0.4 is 0 Å². The summed E-state index contributed by atoms with van der Waals surface area (Å²) < 4.78 is 0. The lowest BCUT2D eigenvalue weighted by Crippen LogP contribution is -2.24. The Balaban J connectivity index is 1.71. The average molecular weight is 364 g/mol. The quantitative estimate of drug-likeness (QED) is 0.250. The Hall–Kier alpha value is -1.86. The van der Waals surface area contributed by atoms with E-state index in [2.05, 4.69) is 84.6 Å². The fraction of sp³-hybridized carbons (Fsp3) is 0.462. The molecule has 0 N–H and O–H groups in total. The lowest BCUT2D eigenvalue weighted by atomic mass is 10.1. The Morgan fingerprint density at radius 3 is 1.70 bits per heavy atom. The fourth-order valence-electron chi connectivity index (χ4n) is 3.43. The normalized spacial score (nSPS) is 11.5. The van der Waals surface area contributed by atoms with Crippen LogP contribution in [0, 0.1) is 0 Å². The van der Waals surface area contributed by atoms with E-state index in [4.69, 9.17) is 0 Å². The first-order chi connectivity index (χ1) is 13.4. The summed E-state index contributed by atoms with van der Waals surface area (Å²) >= 11 is 0. The van der Waals surface area contributed by atoms with Gasteiger partial charge in [0.25, 0.3) is 0 Å². The second kappa shape index (κ2) is 14.2. The van der Waals surface area contributed by atoms with Gasteiger partial charge in [0.2, 0.25) is 0 Å². The van der Waals surface area contributed by atoms with Crippen molar-refractivity contribution in [1.29, 1.82) is 0 Å². The van der Waals surface area contributed by atoms with E-state index in [1.807, 2.05) is 0 Å². The van der Waals surface area contributed by atoms with Gasteiger partial charge >= 0.3 is 0 Å². The Morgan fingerprint density at radius 2 is 1.15 bits per heavy atom. The van der Waals surface area contributed by atoms with Gasteiger partial charge in [0, 0.05) is 13.1 Å². The van der Waals surface area contributed by atoms with Gasteiger partial charge in [0.1, 0.15) is 0 Å². The number of nitrogens with zero attached hydrogens (tertiary/aromatic N) is 1. The summed E-state index contributed by atoms with van der Waals surface area (Å²) in [6.45, 7) is 5.47. The zero-order chi connectivity index (χ0) is 19.0. The molecule has 0 fully saturated rings. The van der Waals surface area contributed by atoms with Crippen LogP contribution in [0.4, 0.5) is 0 Å². The van der Waals surface area contributed by atoms with Gasteiger partial charge in [-0.25, -0.2) is 0 Å². The van der Waals surface area contributed by atoms with Crippen LogP contribution in [0.15, 0.2) is 72.8 Å². The number of hydrogen-bond acceptors (Lipinski definition) is 1. The van der Waals surface area contributed by atoms with Crippen LogP contribution in [0.3, 0.4) is 0 Å². The number of unbranched alkanes of at least 4 members (excludes halogenated alkanes) is 6. The molecule has 0 heterocycles. The molecule has 2 aromatic rings. The zero-order valence-electron chi connectivity index (χ0n) is 17.2. The summed E-state index contributed by atoms with van der Waals surface area (Å²) in [7, 11) is 0. The third kappa shape index (κ3) is 10.2. The minimum atomic E-state index is 1.02. The van der Waals surface area contributed by atoms with Gasteiger partial charge in [-0.2, -0.15) is 0 Å². The van der Waals surface area contributed by atoms with Crippen molar-refractivity contribution >= 4 is 0 Å². The zero-order valence-corrected chi connectivity index (χ0v) is 17.2. The number of rotatable bonds is 14. The molecule has 27 heavy (non-hydrogen) atoms. The largest absolute Gasteiger partial charge is 0.295 e. The first-order valence-electron chi connectivity index (χ1n) is 10.8. The summed E-state index contributed by atoms with van der Waals surface area (Å²) in [5.41, 5.74) is 2.80. The van der Waals surface area contributed by atoms with E-state index in [0.29, 0.717) is 0 Å². The maximum Gasteiger partial charge on any atom is 0.0237 e. The number of benzene rings is 2. The molecule has 0 saturated carbocycles. The highest BCUT2D eigenvalue weighted by Crippen LogP contribution is 2.12. The summed E-state index contributed by atoms with van der Waals surface area (Å²) in [5.74, 6) is 0. The van der Waals surface area contributed by atoms with Crippen molar-refractivity contribution in [2.45, 2.75) is 71.4 Å². The van der Waals surface area contributed by atoms with Crippen molar-refractivity contribution in [3.05, 3.63) is 83.9 Å². The highest BCUT2D eigenvalue weighted by Gasteiger charge is 2.06. The molecule has 0 saturated heterocycles. The number of allylic oxidation sites excluding steroid dienone is 2. The van der Waals surface area contributed by atoms with Crippen LogP contribution in [0.2, 0.25) is 0 Å². The number of hydrogen-bond donors (Lipinski definition) is 0. The van der Waals surface area contributed by atoms with Crippen molar-refractivity contribution in [2.24, 2.45) is 0 Å². The van der Waals surface area contributed by atoms with Gasteiger partial charge in [-0.1, -0.05) is 105 Å². The molecule has 2 rings (SSSR count). The molecule has 0 aliphatic carbocycles. The third-order valence-electron chi connectivity index (χ3n) is 4.98. The molecule has 0 aliphatic heterocycles. The van der Waals surface area contributed by atoms with Crippen LogP contribution >= 0.6 is 0 Å². The highest BCUT2D eigenvalue weighted by molar-refractivity contribution is 5.17. The monoisotopic (exact) mass is 363 g/mol. The Kier molecular flexibility index (Phi) is 11.3. The Labute approximate surface area is 167 Å².